The molecule has 0 rings (SSSR count). The summed E-state index contributed by atoms with van der Waals surface area (Å²) in [6.45, 7) is 3.44. The van der Waals surface area contributed by atoms with Gasteiger partial charge in [0.1, 0.15) is 0 Å². The molecule has 76 valence electrons. The van der Waals surface area contributed by atoms with E-state index in [2.05, 4.69) is 6.08 Å². The van der Waals surface area contributed by atoms with Gasteiger partial charge in [0.25, 0.3) is 0 Å². The van der Waals surface area contributed by atoms with Crippen LogP contribution in [-0.4, -0.2) is 22.4 Å². The highest BCUT2D eigenvalue weighted by molar-refractivity contribution is 4.91. The molecule has 0 heterocycles. The fourth-order valence-electron chi connectivity index (χ4n) is 0.879. The van der Waals surface area contributed by atoms with Gasteiger partial charge in [-0.15, -0.1) is 0 Å². The Morgan fingerprint density at radius 2 is 1.77 bits per heavy atom. The van der Waals surface area contributed by atoms with Crippen LogP contribution in [-0.2, 0) is 0 Å². The van der Waals surface area contributed by atoms with E-state index in [1.54, 1.807) is 6.92 Å². The van der Waals surface area contributed by atoms with Crippen molar-refractivity contribution in [3.63, 3.8) is 0 Å². The molecule has 0 bridgehead atoms. The van der Waals surface area contributed by atoms with Crippen LogP contribution in [0.5, 0.6) is 0 Å². The lowest BCUT2D eigenvalue weighted by molar-refractivity contribution is 0.00448. The van der Waals surface area contributed by atoms with E-state index in [0.717, 1.165) is 12.8 Å². The third kappa shape index (κ3) is 7.75. The zero-order valence-corrected chi connectivity index (χ0v) is 8.53. The lowest BCUT2D eigenvalue weighted by Crippen LogP contribution is -2.27. The molecule has 0 fully saturated rings. The quantitative estimate of drug-likeness (QED) is 0.490. The fraction of sp³-hybridized carbons (Fsp3) is 0.636. The van der Waals surface area contributed by atoms with E-state index in [4.69, 9.17) is 5.11 Å². The van der Waals surface area contributed by atoms with Crippen LogP contribution in [0.15, 0.2) is 24.3 Å². The summed E-state index contributed by atoms with van der Waals surface area (Å²) >= 11 is 0. The molecular formula is C11H20O2. The summed E-state index contributed by atoms with van der Waals surface area (Å²) in [4.78, 5) is 0. The van der Waals surface area contributed by atoms with E-state index >= 15 is 0 Å². The summed E-state index contributed by atoms with van der Waals surface area (Å²) in [5.74, 6) is 0. The number of allylic oxidation sites excluding steroid dienone is 3. The van der Waals surface area contributed by atoms with Crippen molar-refractivity contribution in [2.24, 2.45) is 0 Å². The molecule has 13 heavy (non-hydrogen) atoms. The zero-order valence-electron chi connectivity index (χ0n) is 8.53. The Kier molecular flexibility index (Phi) is 6.55. The number of rotatable bonds is 6. The van der Waals surface area contributed by atoms with Crippen molar-refractivity contribution >= 4 is 0 Å². The first-order chi connectivity index (χ1) is 6.12. The van der Waals surface area contributed by atoms with Crippen molar-refractivity contribution in [1.29, 1.82) is 0 Å². The number of hydrogen-bond donors (Lipinski definition) is 2. The standard InChI is InChI=1S/C11H20O2/c1-3-4-5-6-7-8-9-11(2,13)10-12/h3-4,7-8,12-13H,5-6,9-10H2,1-2H3/b4-3+,8-7+. The second-order valence-electron chi connectivity index (χ2n) is 3.48. The van der Waals surface area contributed by atoms with Crippen LogP contribution in [0.2, 0.25) is 0 Å². The summed E-state index contributed by atoms with van der Waals surface area (Å²) in [6.07, 6.45) is 10.6. The number of aliphatic hydroxyl groups excluding tert-OH is 1. The third-order valence-electron chi connectivity index (χ3n) is 1.80. The van der Waals surface area contributed by atoms with Gasteiger partial charge in [-0.2, -0.15) is 0 Å². The molecule has 0 saturated heterocycles. The molecule has 1 atom stereocenters. The molecule has 0 aromatic rings. The van der Waals surface area contributed by atoms with Gasteiger partial charge in [0.05, 0.1) is 12.2 Å². The topological polar surface area (TPSA) is 40.5 Å². The molecule has 0 aliphatic rings. The molecule has 2 heteroatoms. The van der Waals surface area contributed by atoms with Gasteiger partial charge in [0.15, 0.2) is 0 Å². The van der Waals surface area contributed by atoms with E-state index in [1.165, 1.54) is 0 Å². The minimum atomic E-state index is -0.961. The largest absolute Gasteiger partial charge is 0.393 e. The highest BCUT2D eigenvalue weighted by Crippen LogP contribution is 2.08. The van der Waals surface area contributed by atoms with E-state index in [0.29, 0.717) is 6.42 Å². The van der Waals surface area contributed by atoms with Crippen LogP contribution in [0.1, 0.15) is 33.1 Å². The maximum Gasteiger partial charge on any atom is 0.0883 e. The summed E-state index contributed by atoms with van der Waals surface area (Å²) < 4.78 is 0. The zero-order chi connectivity index (χ0) is 10.2. The molecule has 0 amide bonds. The molecule has 1 unspecified atom stereocenters. The maximum absolute atomic E-state index is 9.41. The van der Waals surface area contributed by atoms with Gasteiger partial charge < -0.3 is 10.2 Å². The molecule has 2 nitrogen and oxygen atoms in total. The van der Waals surface area contributed by atoms with Crippen LogP contribution in [0.25, 0.3) is 0 Å². The average Bonchev–Trinajstić information content (AvgIpc) is 2.11. The van der Waals surface area contributed by atoms with Crippen LogP contribution in [0.3, 0.4) is 0 Å². The third-order valence-corrected chi connectivity index (χ3v) is 1.80. The van der Waals surface area contributed by atoms with Gasteiger partial charge in [0, 0.05) is 0 Å². The van der Waals surface area contributed by atoms with Crippen LogP contribution < -0.4 is 0 Å². The summed E-state index contributed by atoms with van der Waals surface area (Å²) in [7, 11) is 0. The van der Waals surface area contributed by atoms with Gasteiger partial charge in [0.2, 0.25) is 0 Å². The average molecular weight is 184 g/mol. The second kappa shape index (κ2) is 6.87. The Balaban J connectivity index is 3.51. The molecule has 0 spiro atoms. The summed E-state index contributed by atoms with van der Waals surface area (Å²) in [5.41, 5.74) is -0.961. The molecule has 0 aromatic heterocycles. The minimum Gasteiger partial charge on any atom is -0.393 e. The smallest absolute Gasteiger partial charge is 0.0883 e. The molecular weight excluding hydrogens is 164 g/mol. The molecule has 2 N–H and O–H groups in total. The number of unbranched alkanes of at least 4 members (excludes halogenated alkanes) is 1. The van der Waals surface area contributed by atoms with Crippen molar-refractivity contribution in [1.82, 2.24) is 0 Å². The van der Waals surface area contributed by atoms with Crippen LogP contribution in [0, 0.1) is 0 Å². The van der Waals surface area contributed by atoms with Crippen molar-refractivity contribution in [3.8, 4) is 0 Å². The van der Waals surface area contributed by atoms with E-state index in [-0.39, 0.29) is 6.61 Å². The van der Waals surface area contributed by atoms with Crippen molar-refractivity contribution < 1.29 is 10.2 Å². The first-order valence-corrected chi connectivity index (χ1v) is 4.72. The second-order valence-corrected chi connectivity index (χ2v) is 3.48. The molecule has 0 aromatic carbocycles. The summed E-state index contributed by atoms with van der Waals surface area (Å²) in [5, 5.41) is 18.2. The molecule has 0 saturated carbocycles. The lowest BCUT2D eigenvalue weighted by atomic mass is 10.0. The van der Waals surface area contributed by atoms with Crippen LogP contribution in [0.4, 0.5) is 0 Å². The van der Waals surface area contributed by atoms with Crippen molar-refractivity contribution in [2.75, 3.05) is 6.61 Å². The Labute approximate surface area is 80.6 Å². The van der Waals surface area contributed by atoms with Gasteiger partial charge in [-0.1, -0.05) is 24.3 Å². The van der Waals surface area contributed by atoms with E-state index < -0.39 is 5.60 Å². The highest BCUT2D eigenvalue weighted by atomic mass is 16.3. The maximum atomic E-state index is 9.41. The first kappa shape index (κ1) is 12.4. The minimum absolute atomic E-state index is 0.188. The SMILES string of the molecule is C/C=C/CC/C=C/CC(C)(O)CO. The van der Waals surface area contributed by atoms with Crippen LogP contribution >= 0.6 is 0 Å². The van der Waals surface area contributed by atoms with Gasteiger partial charge in [-0.25, -0.2) is 0 Å². The molecule has 0 aliphatic heterocycles. The summed E-state index contributed by atoms with van der Waals surface area (Å²) in [6, 6.07) is 0. The predicted octanol–water partition coefficient (Wildman–Crippen LogP) is 2.03. The van der Waals surface area contributed by atoms with Gasteiger partial charge >= 0.3 is 0 Å². The lowest BCUT2D eigenvalue weighted by Gasteiger charge is -2.17. The van der Waals surface area contributed by atoms with E-state index in [9.17, 15) is 5.11 Å². The van der Waals surface area contributed by atoms with Crippen molar-refractivity contribution in [2.45, 2.75) is 38.7 Å². The van der Waals surface area contributed by atoms with Crippen molar-refractivity contribution in [3.05, 3.63) is 24.3 Å². The molecule has 0 aliphatic carbocycles. The highest BCUT2D eigenvalue weighted by Gasteiger charge is 2.15. The van der Waals surface area contributed by atoms with E-state index in [1.807, 2.05) is 25.2 Å². The Morgan fingerprint density at radius 3 is 2.31 bits per heavy atom. The monoisotopic (exact) mass is 184 g/mol. The fourth-order valence-corrected chi connectivity index (χ4v) is 0.879. The molecule has 0 radical (unpaired) electrons. The Morgan fingerprint density at radius 1 is 1.15 bits per heavy atom. The Bertz CT molecular complexity index is 169. The Hall–Kier alpha value is -0.600. The van der Waals surface area contributed by atoms with Gasteiger partial charge in [-0.3, -0.25) is 0 Å². The number of hydrogen-bond acceptors (Lipinski definition) is 2. The predicted molar refractivity (Wildman–Crippen MR) is 55.5 cm³/mol. The first-order valence-electron chi connectivity index (χ1n) is 4.72. The normalized spacial score (nSPS) is 16.9. The number of aliphatic hydroxyl groups is 2. The van der Waals surface area contributed by atoms with Gasteiger partial charge in [-0.05, 0) is 33.1 Å².